The average Bonchev–Trinajstić information content (AvgIpc) is 2.70. The van der Waals surface area contributed by atoms with Gasteiger partial charge in [0.1, 0.15) is 28.8 Å². The van der Waals surface area contributed by atoms with Gasteiger partial charge >= 0.3 is 0 Å². The number of Topliss-reactive ketones (excluding diaryl/α,β-unsaturated/α-hetero) is 1. The van der Waals surface area contributed by atoms with Crippen LogP contribution in [0.1, 0.15) is 0 Å². The zero-order chi connectivity index (χ0) is 20.3. The number of ether oxygens (including phenoxy) is 3. The summed E-state index contributed by atoms with van der Waals surface area (Å²) in [6, 6.07) is 3.35. The Morgan fingerprint density at radius 2 is 1.82 bits per heavy atom. The van der Waals surface area contributed by atoms with E-state index in [2.05, 4.69) is 15.3 Å². The highest BCUT2D eigenvalue weighted by Gasteiger charge is 2.27. The van der Waals surface area contributed by atoms with Gasteiger partial charge in [-0.25, -0.2) is 9.97 Å². The van der Waals surface area contributed by atoms with Gasteiger partial charge < -0.3 is 19.5 Å². The molecule has 0 bridgehead atoms. The lowest BCUT2D eigenvalue weighted by atomic mass is 10.1. The zero-order valence-corrected chi connectivity index (χ0v) is 16.4. The summed E-state index contributed by atoms with van der Waals surface area (Å²) in [6.07, 6.45) is 2.39. The van der Waals surface area contributed by atoms with Crippen molar-refractivity contribution in [3.8, 4) is 11.5 Å². The van der Waals surface area contributed by atoms with E-state index in [1.807, 2.05) is 0 Å². The molecule has 1 aromatic carbocycles. The first-order chi connectivity index (χ1) is 13.5. The number of fused-ring (bicyclic) bond motifs is 1. The third-order valence-corrected chi connectivity index (χ3v) is 4.68. The molecule has 146 valence electrons. The number of anilines is 1. The number of halogens is 2. The number of carbonyl (C=O) groups excluding carboxylic acids is 2. The number of methoxy groups -OCH3 is 2. The van der Waals surface area contributed by atoms with Crippen LogP contribution in [0.2, 0.25) is 0 Å². The van der Waals surface area contributed by atoms with Gasteiger partial charge in [0.15, 0.2) is 11.5 Å². The Hall–Kier alpha value is -2.68. The van der Waals surface area contributed by atoms with Crippen molar-refractivity contribution in [1.82, 2.24) is 9.97 Å². The van der Waals surface area contributed by atoms with Crippen molar-refractivity contribution >= 4 is 51.5 Å². The van der Waals surface area contributed by atoms with Crippen molar-refractivity contribution < 1.29 is 23.8 Å². The fourth-order valence-corrected chi connectivity index (χ4v) is 2.81. The van der Waals surface area contributed by atoms with Crippen LogP contribution < -0.4 is 14.8 Å². The molecule has 1 aromatic heterocycles. The van der Waals surface area contributed by atoms with Crippen molar-refractivity contribution in [2.45, 2.75) is 0 Å². The summed E-state index contributed by atoms with van der Waals surface area (Å²) >= 11 is 11.6. The van der Waals surface area contributed by atoms with E-state index in [9.17, 15) is 9.59 Å². The molecule has 0 unspecified atom stereocenters. The SMILES string of the molecule is COCCOc1cc2ncnc(NC3=CC(=O)C(Cl)=C(Cl)C3=O)c2cc1OC. The van der Waals surface area contributed by atoms with Crippen molar-refractivity contribution in [3.05, 3.63) is 40.3 Å². The van der Waals surface area contributed by atoms with Crippen molar-refractivity contribution in [3.63, 3.8) is 0 Å². The largest absolute Gasteiger partial charge is 0.493 e. The van der Waals surface area contributed by atoms with Crippen LogP contribution >= 0.6 is 23.2 Å². The van der Waals surface area contributed by atoms with Gasteiger partial charge in [-0.3, -0.25) is 9.59 Å². The Kier molecular flexibility index (Phi) is 6.13. The number of aromatic nitrogens is 2. The quantitative estimate of drug-likeness (QED) is 0.535. The third kappa shape index (κ3) is 3.94. The van der Waals surface area contributed by atoms with E-state index in [0.717, 1.165) is 6.08 Å². The molecule has 0 fully saturated rings. The molecule has 0 atom stereocenters. The molecule has 1 aliphatic rings. The lowest BCUT2D eigenvalue weighted by Crippen LogP contribution is -2.20. The molecule has 3 rings (SSSR count). The summed E-state index contributed by atoms with van der Waals surface area (Å²) < 4.78 is 16.0. The summed E-state index contributed by atoms with van der Waals surface area (Å²) in [7, 11) is 3.08. The van der Waals surface area contributed by atoms with Gasteiger partial charge in [0.25, 0.3) is 0 Å². The minimum atomic E-state index is -0.607. The summed E-state index contributed by atoms with van der Waals surface area (Å²) in [6.45, 7) is 0.753. The molecule has 28 heavy (non-hydrogen) atoms. The minimum Gasteiger partial charge on any atom is -0.493 e. The highest BCUT2D eigenvalue weighted by molar-refractivity contribution is 6.58. The lowest BCUT2D eigenvalue weighted by Gasteiger charge is -2.16. The molecule has 1 N–H and O–H groups in total. The van der Waals surface area contributed by atoms with Crippen LogP contribution in [-0.4, -0.2) is 49.0 Å². The highest BCUT2D eigenvalue weighted by Crippen LogP contribution is 2.35. The first kappa shape index (κ1) is 20.1. The molecule has 0 spiro atoms. The van der Waals surface area contributed by atoms with Gasteiger partial charge in [-0.15, -0.1) is 0 Å². The molecule has 8 nitrogen and oxygen atoms in total. The fraction of sp³-hybridized carbons (Fsp3) is 0.222. The Balaban J connectivity index is 1.98. The van der Waals surface area contributed by atoms with Crippen molar-refractivity contribution in [2.24, 2.45) is 0 Å². The molecule has 1 aliphatic carbocycles. The highest BCUT2D eigenvalue weighted by atomic mass is 35.5. The Labute approximate surface area is 170 Å². The van der Waals surface area contributed by atoms with E-state index < -0.39 is 11.6 Å². The predicted octanol–water partition coefficient (Wildman–Crippen LogP) is 2.80. The van der Waals surface area contributed by atoms with E-state index >= 15 is 0 Å². The molecule has 0 saturated carbocycles. The van der Waals surface area contributed by atoms with E-state index in [4.69, 9.17) is 37.4 Å². The van der Waals surface area contributed by atoms with E-state index in [0.29, 0.717) is 41.4 Å². The van der Waals surface area contributed by atoms with Crippen molar-refractivity contribution in [2.75, 3.05) is 32.8 Å². The second kappa shape index (κ2) is 8.55. The number of nitrogens with zero attached hydrogens (tertiary/aromatic N) is 2. The molecule has 10 heteroatoms. The molecule has 0 saturated heterocycles. The molecule has 0 radical (unpaired) electrons. The zero-order valence-electron chi connectivity index (χ0n) is 14.9. The standard InChI is InChI=1S/C18H15Cl2N3O5/c1-26-3-4-28-14-7-10-9(5-13(14)27-2)18(22-8-21-10)23-11-6-12(24)15(19)16(20)17(11)25/h5-8H,3-4H2,1-2H3,(H,21,22,23). The summed E-state index contributed by atoms with van der Waals surface area (Å²) in [5.41, 5.74) is 0.499. The second-order valence-electron chi connectivity index (χ2n) is 5.59. The summed E-state index contributed by atoms with van der Waals surface area (Å²) in [5, 5.41) is 2.71. The number of benzene rings is 1. The molecule has 0 amide bonds. The van der Waals surface area contributed by atoms with Gasteiger partial charge in [-0.05, 0) is 6.07 Å². The monoisotopic (exact) mass is 423 g/mol. The van der Waals surface area contributed by atoms with Gasteiger partial charge in [0.05, 0.1) is 24.9 Å². The van der Waals surface area contributed by atoms with Gasteiger partial charge in [0.2, 0.25) is 11.6 Å². The molecule has 0 aliphatic heterocycles. The number of allylic oxidation sites excluding steroid dienone is 3. The average molecular weight is 424 g/mol. The van der Waals surface area contributed by atoms with Gasteiger partial charge in [0, 0.05) is 24.6 Å². The normalized spacial score (nSPS) is 14.4. The van der Waals surface area contributed by atoms with Crippen LogP contribution in [0.4, 0.5) is 5.82 Å². The van der Waals surface area contributed by atoms with Crippen molar-refractivity contribution in [1.29, 1.82) is 0 Å². The van der Waals surface area contributed by atoms with E-state index in [1.165, 1.54) is 13.4 Å². The van der Waals surface area contributed by atoms with Crippen LogP contribution in [0.25, 0.3) is 10.9 Å². The number of hydrogen-bond donors (Lipinski definition) is 1. The topological polar surface area (TPSA) is 99.6 Å². The molecular weight excluding hydrogens is 409 g/mol. The first-order valence-electron chi connectivity index (χ1n) is 8.03. The summed E-state index contributed by atoms with van der Waals surface area (Å²) in [4.78, 5) is 32.5. The first-order valence-corrected chi connectivity index (χ1v) is 8.79. The fourth-order valence-electron chi connectivity index (χ4n) is 2.48. The van der Waals surface area contributed by atoms with Crippen LogP contribution in [0.15, 0.2) is 40.3 Å². The van der Waals surface area contributed by atoms with Gasteiger partial charge in [-0.1, -0.05) is 23.2 Å². The smallest absolute Gasteiger partial charge is 0.222 e. The molecule has 1 heterocycles. The van der Waals surface area contributed by atoms with Crippen LogP contribution in [0.5, 0.6) is 11.5 Å². The number of ketones is 2. The minimum absolute atomic E-state index is 0.0428. The Morgan fingerprint density at radius 1 is 1.04 bits per heavy atom. The maximum absolute atomic E-state index is 12.3. The van der Waals surface area contributed by atoms with Crippen LogP contribution in [-0.2, 0) is 14.3 Å². The van der Waals surface area contributed by atoms with Crippen LogP contribution in [0, 0.1) is 0 Å². The number of nitrogens with one attached hydrogen (secondary N) is 1. The predicted molar refractivity (Wildman–Crippen MR) is 104 cm³/mol. The van der Waals surface area contributed by atoms with Crippen LogP contribution in [0.3, 0.4) is 0 Å². The number of rotatable bonds is 7. The van der Waals surface area contributed by atoms with E-state index in [1.54, 1.807) is 19.2 Å². The maximum atomic E-state index is 12.3. The maximum Gasteiger partial charge on any atom is 0.222 e. The Morgan fingerprint density at radius 3 is 2.54 bits per heavy atom. The third-order valence-electron chi connectivity index (χ3n) is 3.85. The number of carbonyl (C=O) groups is 2. The second-order valence-corrected chi connectivity index (χ2v) is 6.34. The number of hydrogen-bond acceptors (Lipinski definition) is 8. The van der Waals surface area contributed by atoms with E-state index in [-0.39, 0.29) is 15.8 Å². The molecule has 2 aromatic rings. The lowest BCUT2D eigenvalue weighted by molar-refractivity contribution is -0.115. The summed E-state index contributed by atoms with van der Waals surface area (Å²) in [5.74, 6) is 0.0460. The molecular formula is C18H15Cl2N3O5. The van der Waals surface area contributed by atoms with Gasteiger partial charge in [-0.2, -0.15) is 0 Å². The Bertz CT molecular complexity index is 1020.